The summed E-state index contributed by atoms with van der Waals surface area (Å²) in [5, 5.41) is 5.91. The molecular weight excluding hydrogens is 411 g/mol. The summed E-state index contributed by atoms with van der Waals surface area (Å²) in [5.41, 5.74) is 1.40. The second kappa shape index (κ2) is 9.75. The molecule has 1 aliphatic heterocycles. The number of benzene rings is 2. The number of alkyl halides is 3. The van der Waals surface area contributed by atoms with Crippen LogP contribution >= 0.6 is 11.8 Å². The van der Waals surface area contributed by atoms with Crippen LogP contribution in [-0.2, 0) is 12.7 Å². The average molecular weight is 438 g/mol. The second-order valence-electron chi connectivity index (χ2n) is 7.19. The molecular formula is C22H26F3N3OS. The number of carbonyl (C=O) groups excluding carboxylic acids is 1. The van der Waals surface area contributed by atoms with Gasteiger partial charge in [-0.1, -0.05) is 24.6 Å². The minimum atomic E-state index is -4.53. The van der Waals surface area contributed by atoms with E-state index in [1.54, 1.807) is 16.7 Å². The molecule has 1 heterocycles. The normalized spacial score (nSPS) is 14.6. The molecule has 0 spiro atoms. The van der Waals surface area contributed by atoms with Gasteiger partial charge in [-0.3, -0.25) is 4.79 Å². The highest BCUT2D eigenvalue weighted by molar-refractivity contribution is 7.99. The van der Waals surface area contributed by atoms with E-state index in [4.69, 9.17) is 0 Å². The molecule has 1 aliphatic rings. The van der Waals surface area contributed by atoms with Crippen molar-refractivity contribution in [3.8, 4) is 0 Å². The molecule has 2 N–H and O–H groups in total. The third-order valence-corrected chi connectivity index (χ3v) is 5.98. The van der Waals surface area contributed by atoms with Gasteiger partial charge in [0.1, 0.15) is 0 Å². The van der Waals surface area contributed by atoms with Gasteiger partial charge in [-0.15, -0.1) is 11.8 Å². The molecule has 0 aliphatic carbocycles. The molecule has 1 saturated heterocycles. The Balaban J connectivity index is 1.80. The molecule has 2 aromatic carbocycles. The maximum atomic E-state index is 13.7. The fourth-order valence-electron chi connectivity index (χ4n) is 3.51. The molecule has 0 unspecified atom stereocenters. The van der Waals surface area contributed by atoms with E-state index in [0.717, 1.165) is 27.8 Å². The summed E-state index contributed by atoms with van der Waals surface area (Å²) in [6.07, 6.45) is -4.53. The van der Waals surface area contributed by atoms with E-state index in [0.29, 0.717) is 26.2 Å². The summed E-state index contributed by atoms with van der Waals surface area (Å²) < 4.78 is 41.1. The van der Waals surface area contributed by atoms with Gasteiger partial charge in [0.05, 0.1) is 5.56 Å². The Kier molecular flexibility index (Phi) is 7.31. The monoisotopic (exact) mass is 437 g/mol. The summed E-state index contributed by atoms with van der Waals surface area (Å²) >= 11 is 1.67. The lowest BCUT2D eigenvalue weighted by Crippen LogP contribution is -2.44. The standard InChI is InChI=1S/C22H26F3N3OS/c1-3-30-20-7-4-15(2)12-17(20)14-27-21(29)16-5-6-19(18(13-16)22(23,24)25)28-10-8-26-9-11-28/h4-7,12-13,26H,3,8-11,14H2,1-2H3,(H,27,29). The third-order valence-electron chi connectivity index (χ3n) is 4.98. The average Bonchev–Trinajstić information content (AvgIpc) is 2.73. The van der Waals surface area contributed by atoms with Crippen LogP contribution in [0.2, 0.25) is 0 Å². The van der Waals surface area contributed by atoms with Gasteiger partial charge in [0, 0.05) is 48.9 Å². The van der Waals surface area contributed by atoms with Crippen molar-refractivity contribution in [1.82, 2.24) is 10.6 Å². The van der Waals surface area contributed by atoms with Crippen molar-refractivity contribution >= 4 is 23.4 Å². The second-order valence-corrected chi connectivity index (χ2v) is 8.50. The number of rotatable bonds is 6. The molecule has 4 nitrogen and oxygen atoms in total. The van der Waals surface area contributed by atoms with Crippen molar-refractivity contribution in [2.75, 3.05) is 36.8 Å². The molecule has 1 amide bonds. The lowest BCUT2D eigenvalue weighted by molar-refractivity contribution is -0.137. The smallest absolute Gasteiger partial charge is 0.368 e. The highest BCUT2D eigenvalue weighted by atomic mass is 32.2. The first-order valence-corrected chi connectivity index (χ1v) is 11.0. The van der Waals surface area contributed by atoms with Crippen molar-refractivity contribution in [2.45, 2.75) is 31.5 Å². The zero-order chi connectivity index (χ0) is 21.7. The molecule has 0 bridgehead atoms. The Bertz CT molecular complexity index is 896. The molecule has 162 valence electrons. The fourth-order valence-corrected chi connectivity index (χ4v) is 4.30. The summed E-state index contributed by atoms with van der Waals surface area (Å²) in [6.45, 7) is 6.55. The molecule has 1 fully saturated rings. The van der Waals surface area contributed by atoms with Gasteiger partial charge >= 0.3 is 6.18 Å². The third kappa shape index (κ3) is 5.49. The predicted octanol–water partition coefficient (Wildman–Crippen LogP) is 4.47. The van der Waals surface area contributed by atoms with E-state index in [2.05, 4.69) is 10.6 Å². The van der Waals surface area contributed by atoms with Gasteiger partial charge in [0.15, 0.2) is 0 Å². The van der Waals surface area contributed by atoms with Gasteiger partial charge in [-0.25, -0.2) is 0 Å². The molecule has 0 saturated carbocycles. The summed E-state index contributed by atoms with van der Waals surface area (Å²) in [6, 6.07) is 9.86. The fraction of sp³-hybridized carbons (Fsp3) is 0.409. The van der Waals surface area contributed by atoms with E-state index in [-0.39, 0.29) is 17.8 Å². The maximum Gasteiger partial charge on any atom is 0.418 e. The predicted molar refractivity (Wildman–Crippen MR) is 115 cm³/mol. The van der Waals surface area contributed by atoms with Crippen LogP contribution in [0.25, 0.3) is 0 Å². The molecule has 2 aromatic rings. The Hall–Kier alpha value is -2.19. The van der Waals surface area contributed by atoms with E-state index in [1.165, 1.54) is 12.1 Å². The lowest BCUT2D eigenvalue weighted by atomic mass is 10.1. The largest absolute Gasteiger partial charge is 0.418 e. The van der Waals surface area contributed by atoms with Crippen LogP contribution in [0.3, 0.4) is 0 Å². The number of piperazine rings is 1. The van der Waals surface area contributed by atoms with Crippen molar-refractivity contribution in [2.24, 2.45) is 0 Å². The highest BCUT2D eigenvalue weighted by Gasteiger charge is 2.36. The van der Waals surface area contributed by atoms with Gasteiger partial charge in [-0.2, -0.15) is 13.2 Å². The molecule has 8 heteroatoms. The summed E-state index contributed by atoms with van der Waals surface area (Å²) in [7, 11) is 0. The van der Waals surface area contributed by atoms with Crippen LogP contribution in [0.5, 0.6) is 0 Å². The Morgan fingerprint density at radius 2 is 1.90 bits per heavy atom. The Labute approximate surface area is 179 Å². The van der Waals surface area contributed by atoms with Gasteiger partial charge < -0.3 is 15.5 Å². The Morgan fingerprint density at radius 1 is 1.17 bits per heavy atom. The zero-order valence-corrected chi connectivity index (χ0v) is 17.9. The number of thioether (sulfide) groups is 1. The van der Waals surface area contributed by atoms with Crippen molar-refractivity contribution < 1.29 is 18.0 Å². The molecule has 0 atom stereocenters. The van der Waals surface area contributed by atoms with Crippen LogP contribution in [0.4, 0.5) is 18.9 Å². The van der Waals surface area contributed by atoms with Gasteiger partial charge in [0.2, 0.25) is 0 Å². The first kappa shape index (κ1) is 22.5. The molecule has 3 rings (SSSR count). The summed E-state index contributed by atoms with van der Waals surface area (Å²) in [4.78, 5) is 15.4. The minimum absolute atomic E-state index is 0.0126. The number of aryl methyl sites for hydroxylation is 1. The topological polar surface area (TPSA) is 44.4 Å². The maximum absolute atomic E-state index is 13.7. The summed E-state index contributed by atoms with van der Waals surface area (Å²) in [5.74, 6) is 0.383. The number of hydrogen-bond acceptors (Lipinski definition) is 4. The van der Waals surface area contributed by atoms with Crippen LogP contribution in [-0.4, -0.2) is 37.8 Å². The van der Waals surface area contributed by atoms with Crippen LogP contribution in [0, 0.1) is 6.92 Å². The number of nitrogens with zero attached hydrogens (tertiary/aromatic N) is 1. The van der Waals surface area contributed by atoms with E-state index < -0.39 is 17.6 Å². The lowest BCUT2D eigenvalue weighted by Gasteiger charge is -2.31. The first-order chi connectivity index (χ1) is 14.3. The number of amides is 1. The van der Waals surface area contributed by atoms with Crippen molar-refractivity contribution in [3.05, 3.63) is 58.7 Å². The number of anilines is 1. The zero-order valence-electron chi connectivity index (χ0n) is 17.1. The van der Waals surface area contributed by atoms with Crippen LogP contribution in [0.1, 0.15) is 34.0 Å². The van der Waals surface area contributed by atoms with Crippen molar-refractivity contribution in [1.29, 1.82) is 0 Å². The van der Waals surface area contributed by atoms with E-state index >= 15 is 0 Å². The number of hydrogen-bond donors (Lipinski definition) is 2. The van der Waals surface area contributed by atoms with Gasteiger partial charge in [-0.05, 0) is 42.5 Å². The highest BCUT2D eigenvalue weighted by Crippen LogP contribution is 2.37. The molecule has 30 heavy (non-hydrogen) atoms. The van der Waals surface area contributed by atoms with E-state index in [9.17, 15) is 18.0 Å². The quantitative estimate of drug-likeness (QED) is 0.655. The minimum Gasteiger partial charge on any atom is -0.368 e. The van der Waals surface area contributed by atoms with Gasteiger partial charge in [0.25, 0.3) is 5.91 Å². The van der Waals surface area contributed by atoms with Crippen LogP contribution in [0.15, 0.2) is 41.3 Å². The Morgan fingerprint density at radius 3 is 2.57 bits per heavy atom. The molecule has 0 aromatic heterocycles. The molecule has 0 radical (unpaired) electrons. The first-order valence-electron chi connectivity index (χ1n) is 9.97. The van der Waals surface area contributed by atoms with Crippen molar-refractivity contribution in [3.63, 3.8) is 0 Å². The number of carbonyl (C=O) groups is 1. The van der Waals surface area contributed by atoms with Crippen LogP contribution < -0.4 is 15.5 Å². The SMILES string of the molecule is CCSc1ccc(C)cc1CNC(=O)c1ccc(N2CCNCC2)c(C(F)(F)F)c1. The number of nitrogens with one attached hydrogen (secondary N) is 2. The van der Waals surface area contributed by atoms with E-state index in [1.807, 2.05) is 32.0 Å². The number of halogens is 3.